The van der Waals surface area contributed by atoms with E-state index in [2.05, 4.69) is 27.7 Å². The lowest BCUT2D eigenvalue weighted by Gasteiger charge is -2.56. The number of barbiturate groups is 1. The van der Waals surface area contributed by atoms with Gasteiger partial charge < -0.3 is 9.84 Å². The van der Waals surface area contributed by atoms with Crippen molar-refractivity contribution in [3.63, 3.8) is 0 Å². The van der Waals surface area contributed by atoms with E-state index in [1.54, 1.807) is 24.3 Å². The fourth-order valence-corrected chi connectivity index (χ4v) is 6.21. The fourth-order valence-electron chi connectivity index (χ4n) is 6.21. The summed E-state index contributed by atoms with van der Waals surface area (Å²) in [4.78, 5) is 42.8. The second-order valence-electron chi connectivity index (χ2n) is 10.8. The van der Waals surface area contributed by atoms with Crippen LogP contribution in [0.3, 0.4) is 0 Å². The minimum Gasteiger partial charge on any atom is -0.457 e. The highest BCUT2D eigenvalue weighted by Gasteiger charge is 2.58. The molecule has 1 saturated carbocycles. The first-order valence-corrected chi connectivity index (χ1v) is 13.1. The summed E-state index contributed by atoms with van der Waals surface area (Å²) in [6, 6.07) is 14.3. The number of carbonyl (C=O) groups excluding carboxylic acids is 3. The molecule has 2 aromatic carbocycles. The predicted molar refractivity (Wildman–Crippen MR) is 135 cm³/mol. The Bertz CT molecular complexity index is 1170. The molecule has 4 aliphatic rings. The number of β-amino-alcohol motifs (C(OH)–C–C–N with tert-alkyl or cyclic N) is 1. The highest BCUT2D eigenvalue weighted by atomic mass is 16.5. The molecule has 6 rings (SSSR count). The van der Waals surface area contributed by atoms with Gasteiger partial charge in [0.1, 0.15) is 11.5 Å². The van der Waals surface area contributed by atoms with Gasteiger partial charge in [-0.15, -0.1) is 0 Å². The molecule has 3 aliphatic heterocycles. The van der Waals surface area contributed by atoms with Crippen LogP contribution < -0.4 is 15.4 Å². The average molecular weight is 505 g/mol. The van der Waals surface area contributed by atoms with E-state index in [9.17, 15) is 19.5 Å². The molecule has 194 valence electrons. The number of hydrogen-bond donors (Lipinski definition) is 3. The zero-order valence-electron chi connectivity index (χ0n) is 20.7. The lowest BCUT2D eigenvalue weighted by molar-refractivity contribution is -0.153. The van der Waals surface area contributed by atoms with Gasteiger partial charge in [-0.05, 0) is 72.4 Å². The number of carbonyl (C=O) groups is 3. The molecule has 1 aliphatic carbocycles. The molecular formula is C28H32N4O5. The monoisotopic (exact) mass is 504 g/mol. The van der Waals surface area contributed by atoms with Crippen LogP contribution >= 0.6 is 0 Å². The molecule has 0 atom stereocenters. The number of nitrogens with zero attached hydrogens (tertiary/aromatic N) is 2. The van der Waals surface area contributed by atoms with Crippen LogP contribution in [0, 0.1) is 5.41 Å². The number of imide groups is 2. The van der Waals surface area contributed by atoms with Crippen molar-refractivity contribution < 1.29 is 24.2 Å². The molecule has 0 bridgehead atoms. The molecule has 0 radical (unpaired) electrons. The van der Waals surface area contributed by atoms with Crippen molar-refractivity contribution in [3.05, 3.63) is 59.7 Å². The maximum atomic E-state index is 13.4. The van der Waals surface area contributed by atoms with E-state index in [-0.39, 0.29) is 12.0 Å². The van der Waals surface area contributed by atoms with Gasteiger partial charge in [0.25, 0.3) is 11.8 Å². The molecule has 3 N–H and O–H groups in total. The first-order valence-electron chi connectivity index (χ1n) is 13.1. The number of hydrogen-bond acceptors (Lipinski definition) is 7. The summed E-state index contributed by atoms with van der Waals surface area (Å²) in [5.74, 6) is 0.747. The minimum absolute atomic E-state index is 0.144. The van der Waals surface area contributed by atoms with Crippen LogP contribution in [0.5, 0.6) is 11.5 Å². The molecule has 0 unspecified atom stereocenters. The second kappa shape index (κ2) is 9.24. The third-order valence-electron chi connectivity index (χ3n) is 8.38. The quantitative estimate of drug-likeness (QED) is 0.496. The highest BCUT2D eigenvalue weighted by Crippen LogP contribution is 2.44. The Labute approximate surface area is 215 Å². The van der Waals surface area contributed by atoms with E-state index >= 15 is 0 Å². The van der Waals surface area contributed by atoms with Crippen LogP contribution in [0.4, 0.5) is 4.79 Å². The van der Waals surface area contributed by atoms with Crippen LogP contribution in [0.1, 0.15) is 42.7 Å². The number of aliphatic hydroxyl groups excluding tert-OH is 1. The van der Waals surface area contributed by atoms with Gasteiger partial charge in [0.2, 0.25) is 5.54 Å². The number of rotatable bonds is 7. The Kier molecular flexibility index (Phi) is 6.01. The zero-order valence-corrected chi connectivity index (χ0v) is 20.7. The topological polar surface area (TPSA) is 111 Å². The van der Waals surface area contributed by atoms with Gasteiger partial charge in [-0.25, -0.2) is 4.79 Å². The summed E-state index contributed by atoms with van der Waals surface area (Å²) in [6.45, 7) is 3.74. The maximum Gasteiger partial charge on any atom is 0.328 e. The van der Waals surface area contributed by atoms with E-state index in [1.165, 1.54) is 18.4 Å². The van der Waals surface area contributed by atoms with Crippen molar-refractivity contribution in [2.45, 2.75) is 37.1 Å². The van der Waals surface area contributed by atoms with Crippen molar-refractivity contribution in [3.8, 4) is 11.5 Å². The van der Waals surface area contributed by atoms with Gasteiger partial charge in [0.05, 0.1) is 6.61 Å². The van der Waals surface area contributed by atoms with E-state index in [4.69, 9.17) is 4.74 Å². The summed E-state index contributed by atoms with van der Waals surface area (Å²) in [5, 5.41) is 13.8. The van der Waals surface area contributed by atoms with E-state index < -0.39 is 23.4 Å². The number of aliphatic hydroxyl groups is 1. The Morgan fingerprint density at radius 2 is 1.43 bits per heavy atom. The summed E-state index contributed by atoms with van der Waals surface area (Å²) >= 11 is 0. The van der Waals surface area contributed by atoms with Crippen molar-refractivity contribution in [1.82, 2.24) is 20.4 Å². The zero-order chi connectivity index (χ0) is 25.6. The van der Waals surface area contributed by atoms with Crippen molar-refractivity contribution >= 4 is 17.8 Å². The second-order valence-corrected chi connectivity index (χ2v) is 10.8. The molecule has 1 spiro atoms. The molecular weight excluding hydrogens is 472 g/mol. The van der Waals surface area contributed by atoms with Gasteiger partial charge in [0, 0.05) is 32.7 Å². The van der Waals surface area contributed by atoms with Crippen molar-refractivity contribution in [2.24, 2.45) is 5.41 Å². The van der Waals surface area contributed by atoms with Crippen LogP contribution in [0.2, 0.25) is 0 Å². The number of amides is 4. The molecule has 3 saturated heterocycles. The van der Waals surface area contributed by atoms with Crippen LogP contribution in [0.15, 0.2) is 48.5 Å². The van der Waals surface area contributed by atoms with Gasteiger partial charge >= 0.3 is 6.03 Å². The normalized spacial score (nSPS) is 23.3. The Morgan fingerprint density at radius 3 is 1.97 bits per heavy atom. The lowest BCUT2D eigenvalue weighted by Crippen LogP contribution is -2.73. The third-order valence-corrected chi connectivity index (χ3v) is 8.38. The standard InChI is InChI=1S/C28H32N4O5/c33-16-15-31-17-27(18-31)11-13-32(14-12-27)28(24(34)29-26(36)30-25(28)35)21-5-9-23(10-6-21)37-22-7-3-20(4-8-22)19-1-2-19/h3-10,19,33H,1-2,11-18H2,(H2,29,30,34,35,36). The Morgan fingerprint density at radius 1 is 0.865 bits per heavy atom. The summed E-state index contributed by atoms with van der Waals surface area (Å²) in [7, 11) is 0. The molecule has 9 heteroatoms. The van der Waals surface area contributed by atoms with Gasteiger partial charge in [0.15, 0.2) is 0 Å². The van der Waals surface area contributed by atoms with E-state index in [1.807, 2.05) is 17.0 Å². The first-order chi connectivity index (χ1) is 17.9. The number of piperidine rings is 1. The van der Waals surface area contributed by atoms with E-state index in [0.717, 1.165) is 31.7 Å². The van der Waals surface area contributed by atoms with Crippen molar-refractivity contribution in [2.75, 3.05) is 39.3 Å². The highest BCUT2D eigenvalue weighted by molar-refractivity contribution is 6.22. The number of nitrogens with one attached hydrogen (secondary N) is 2. The van der Waals surface area contributed by atoms with Gasteiger partial charge in [-0.1, -0.05) is 24.3 Å². The van der Waals surface area contributed by atoms with Gasteiger partial charge in [-0.2, -0.15) is 0 Å². The fraction of sp³-hybridized carbons (Fsp3) is 0.464. The first kappa shape index (κ1) is 24.1. The molecule has 0 aromatic heterocycles. The SMILES string of the molecule is O=C1NC(=O)C(c2ccc(Oc3ccc(C4CC4)cc3)cc2)(N2CCC3(CC2)CN(CCO)C3)C(=O)N1. The number of likely N-dealkylation sites (tertiary alicyclic amines) is 2. The van der Waals surface area contributed by atoms with Crippen LogP contribution in [-0.4, -0.2) is 72.1 Å². The molecule has 37 heavy (non-hydrogen) atoms. The van der Waals surface area contributed by atoms with Crippen molar-refractivity contribution in [1.29, 1.82) is 0 Å². The number of benzene rings is 2. The summed E-state index contributed by atoms with van der Waals surface area (Å²) in [5.41, 5.74) is 0.351. The molecule has 3 heterocycles. The molecule has 4 amide bonds. The summed E-state index contributed by atoms with van der Waals surface area (Å²) in [6.07, 6.45) is 4.17. The van der Waals surface area contributed by atoms with Crippen LogP contribution in [0.25, 0.3) is 0 Å². The van der Waals surface area contributed by atoms with Gasteiger partial charge in [-0.3, -0.25) is 30.0 Å². The Balaban J connectivity index is 1.22. The number of urea groups is 1. The Hall–Kier alpha value is -3.27. The van der Waals surface area contributed by atoms with E-state index in [0.29, 0.717) is 36.9 Å². The molecule has 2 aromatic rings. The minimum atomic E-state index is -1.63. The maximum absolute atomic E-state index is 13.4. The predicted octanol–water partition coefficient (Wildman–Crippen LogP) is 2.31. The average Bonchev–Trinajstić information content (AvgIpc) is 3.71. The van der Waals surface area contributed by atoms with Crippen LogP contribution in [-0.2, 0) is 15.1 Å². The third kappa shape index (κ3) is 4.31. The smallest absolute Gasteiger partial charge is 0.328 e. The molecule has 9 nitrogen and oxygen atoms in total. The number of ether oxygens (including phenoxy) is 1. The lowest BCUT2D eigenvalue weighted by atomic mass is 9.70. The largest absolute Gasteiger partial charge is 0.457 e. The molecule has 4 fully saturated rings. The summed E-state index contributed by atoms with van der Waals surface area (Å²) < 4.78 is 6.01.